The van der Waals surface area contributed by atoms with Gasteiger partial charge >= 0.3 is 0 Å². The first-order valence-electron chi connectivity index (χ1n) is 22.5. The number of hydrogen-bond acceptors (Lipinski definition) is 12. The highest BCUT2D eigenvalue weighted by Gasteiger charge is 2.24. The Balaban J connectivity index is 1.62. The Labute approximate surface area is 400 Å². The second-order valence-corrected chi connectivity index (χ2v) is 15.5. The Morgan fingerprint density at radius 3 is 0.853 bits per heavy atom. The number of benzene rings is 4. The Morgan fingerprint density at radius 1 is 0.309 bits per heavy atom. The maximum absolute atomic E-state index is 9.32. The van der Waals surface area contributed by atoms with Crippen molar-refractivity contribution in [2.24, 2.45) is 0 Å². The number of rotatable bonds is 24. The van der Waals surface area contributed by atoms with Crippen molar-refractivity contribution >= 4 is 56.9 Å². The second-order valence-electron chi connectivity index (χ2n) is 15.5. The average Bonchev–Trinajstić information content (AvgIpc) is 3.38. The van der Waals surface area contributed by atoms with Gasteiger partial charge in [0.05, 0.1) is 99.9 Å². The van der Waals surface area contributed by atoms with Crippen LogP contribution in [-0.4, -0.2) is 68.4 Å². The molecule has 1 aliphatic rings. The molecule has 0 bridgehead atoms. The van der Waals surface area contributed by atoms with E-state index in [0.717, 1.165) is 56.9 Å². The molecule has 5 rings (SSSR count). The van der Waals surface area contributed by atoms with E-state index in [1.165, 1.54) is 0 Å². The molecular weight excluding hydrogens is 845 g/mol. The third-order valence-corrected chi connectivity index (χ3v) is 11.2. The molecule has 0 aliphatic heterocycles. The first kappa shape index (κ1) is 49.8. The quantitative estimate of drug-likeness (QED) is 0.0475. The maximum Gasteiger partial charge on any atom is 0.212 e. The summed E-state index contributed by atoms with van der Waals surface area (Å²) >= 11 is 0. The highest BCUT2D eigenvalue weighted by atomic mass is 15.2. The molecule has 14 heteroatoms. The molecule has 4 aromatic carbocycles. The average molecular weight is 897 g/mol. The van der Waals surface area contributed by atoms with Gasteiger partial charge < -0.3 is 19.6 Å². The maximum atomic E-state index is 9.32. The molecule has 0 atom stereocenters. The lowest BCUT2D eigenvalue weighted by atomic mass is 10.1. The molecule has 1 aliphatic carbocycles. The number of allylic oxidation sites excluding steroid dienone is 4. The molecule has 0 N–H and O–H groups in total. The van der Waals surface area contributed by atoms with E-state index in [9.17, 15) is 42.1 Å². The molecule has 0 radical (unpaired) electrons. The van der Waals surface area contributed by atoms with E-state index < -0.39 is 0 Å². The van der Waals surface area contributed by atoms with Gasteiger partial charge in [0, 0.05) is 122 Å². The van der Waals surface area contributed by atoms with Crippen molar-refractivity contribution in [2.75, 3.05) is 72.0 Å². The summed E-state index contributed by atoms with van der Waals surface area (Å²) in [4.78, 5) is 8.27. The van der Waals surface area contributed by atoms with Gasteiger partial charge in [-0.25, -0.2) is 4.58 Å². The number of nitriles is 8. The third kappa shape index (κ3) is 13.9. The Bertz CT molecular complexity index is 2610. The standard InChI is InChI=1S/C54H52N14/c55-29-1-37-63(38-2-30-56)45-9-17-49(18-10-45)67(50-19-11-46(12-20-50)64(39-3-31-57)40-4-32-58)53-25-27-54(28-26-53)68(51-21-13-47(14-22-51)65(41-5-33-59)42-6-34-60)52-23-15-48(16-24-52)66(43-7-35-61)44-8-36-62/h9-28H,1-8,37-44H2/q+2. The summed E-state index contributed by atoms with van der Waals surface area (Å²) in [5.74, 6) is 0. The lowest BCUT2D eigenvalue weighted by molar-refractivity contribution is -0.524. The van der Waals surface area contributed by atoms with Gasteiger partial charge in [0.2, 0.25) is 17.1 Å². The van der Waals surface area contributed by atoms with Crippen LogP contribution < -0.4 is 24.2 Å². The molecule has 0 amide bonds. The van der Waals surface area contributed by atoms with E-state index in [1.54, 1.807) is 0 Å². The highest BCUT2D eigenvalue weighted by molar-refractivity contribution is 6.18. The molecule has 0 heterocycles. The predicted octanol–water partition coefficient (Wildman–Crippen LogP) is 9.74. The van der Waals surface area contributed by atoms with Crippen LogP contribution in [0.1, 0.15) is 51.4 Å². The van der Waals surface area contributed by atoms with Crippen LogP contribution in [0.15, 0.2) is 121 Å². The molecule has 0 fully saturated rings. The van der Waals surface area contributed by atoms with E-state index in [0.29, 0.717) is 104 Å². The molecule has 0 saturated carbocycles. The summed E-state index contributed by atoms with van der Waals surface area (Å²) in [5.41, 5.74) is 8.84. The minimum Gasteiger partial charge on any atom is -0.369 e. The van der Waals surface area contributed by atoms with Gasteiger partial charge in [-0.1, -0.05) is 0 Å². The predicted molar refractivity (Wildman–Crippen MR) is 266 cm³/mol. The molecule has 68 heavy (non-hydrogen) atoms. The van der Waals surface area contributed by atoms with E-state index in [-0.39, 0.29) is 0 Å². The normalized spacial score (nSPS) is 11.0. The molecule has 0 unspecified atom stereocenters. The van der Waals surface area contributed by atoms with Crippen LogP contribution in [0.4, 0.5) is 45.5 Å². The van der Waals surface area contributed by atoms with Crippen molar-refractivity contribution in [3.05, 3.63) is 121 Å². The van der Waals surface area contributed by atoms with Gasteiger partial charge in [0.15, 0.2) is 18.8 Å². The topological polar surface area (TPSA) is 209 Å². The fourth-order valence-corrected chi connectivity index (χ4v) is 7.85. The summed E-state index contributed by atoms with van der Waals surface area (Å²) in [5, 5.41) is 74.6. The van der Waals surface area contributed by atoms with E-state index >= 15 is 0 Å². The molecule has 336 valence electrons. The van der Waals surface area contributed by atoms with Gasteiger partial charge in [-0.05, 0) is 72.8 Å². The largest absolute Gasteiger partial charge is 0.369 e. The minimum atomic E-state index is 0.329. The van der Waals surface area contributed by atoms with Gasteiger partial charge in [-0.2, -0.15) is 46.7 Å². The zero-order valence-corrected chi connectivity index (χ0v) is 38.1. The van der Waals surface area contributed by atoms with E-state index in [1.807, 2.05) is 116 Å². The Kier molecular flexibility index (Phi) is 19.9. The zero-order chi connectivity index (χ0) is 48.4. The van der Waals surface area contributed by atoms with Crippen LogP contribution in [-0.2, 0) is 0 Å². The SMILES string of the molecule is N#CCCN(CCC#N)c1ccc(N(c2ccc(N(CCC#N)CCC#N)cc2)c2ccc([N+](=C3C=CC(=[N+](CCC#N)CCC#N)C=C3)c3ccc(N(CCC#N)CCC#N)cc3)cc2)cc1. The van der Waals surface area contributed by atoms with Crippen molar-refractivity contribution in [2.45, 2.75) is 51.4 Å². The Morgan fingerprint density at radius 2 is 0.559 bits per heavy atom. The van der Waals surface area contributed by atoms with Crippen LogP contribution in [0.25, 0.3) is 0 Å². The summed E-state index contributed by atoms with van der Waals surface area (Å²) in [7, 11) is 0. The monoisotopic (exact) mass is 896 g/mol. The molecular formula is C54H52N14+2. The van der Waals surface area contributed by atoms with Crippen LogP contribution in [0.3, 0.4) is 0 Å². The van der Waals surface area contributed by atoms with Crippen LogP contribution in [0, 0.1) is 90.6 Å². The highest BCUT2D eigenvalue weighted by Crippen LogP contribution is 2.38. The van der Waals surface area contributed by atoms with E-state index in [4.69, 9.17) is 0 Å². The minimum absolute atomic E-state index is 0.329. The van der Waals surface area contributed by atoms with Crippen LogP contribution in [0.2, 0.25) is 0 Å². The number of anilines is 6. The van der Waals surface area contributed by atoms with Gasteiger partial charge in [-0.15, -0.1) is 0 Å². The fourth-order valence-electron chi connectivity index (χ4n) is 7.85. The second kappa shape index (κ2) is 27.2. The van der Waals surface area contributed by atoms with Gasteiger partial charge in [0.1, 0.15) is 0 Å². The summed E-state index contributed by atoms with van der Waals surface area (Å²) in [6.07, 6.45) is 10.7. The van der Waals surface area contributed by atoms with Crippen molar-refractivity contribution < 1.29 is 4.58 Å². The molecule has 0 spiro atoms. The smallest absolute Gasteiger partial charge is 0.212 e. The lowest BCUT2D eigenvalue weighted by Crippen LogP contribution is -2.25. The number of nitrogens with zero attached hydrogens (tertiary/aromatic N) is 14. The molecule has 0 aromatic heterocycles. The molecule has 0 saturated heterocycles. The lowest BCUT2D eigenvalue weighted by Gasteiger charge is -2.28. The van der Waals surface area contributed by atoms with Crippen LogP contribution in [0.5, 0.6) is 0 Å². The molecule has 14 nitrogen and oxygen atoms in total. The molecule has 4 aromatic rings. The van der Waals surface area contributed by atoms with Gasteiger partial charge in [-0.3, -0.25) is 0 Å². The zero-order valence-electron chi connectivity index (χ0n) is 38.1. The van der Waals surface area contributed by atoms with Crippen molar-refractivity contribution in [1.82, 2.24) is 4.58 Å². The fraction of sp³-hybridized carbons (Fsp3) is 0.296. The Hall–Kier alpha value is -9.18. The van der Waals surface area contributed by atoms with Crippen molar-refractivity contribution in [1.29, 1.82) is 42.1 Å². The van der Waals surface area contributed by atoms with E-state index in [2.05, 4.69) is 82.3 Å². The first-order chi connectivity index (χ1) is 33.4. The van der Waals surface area contributed by atoms with Crippen molar-refractivity contribution in [3.8, 4) is 48.6 Å². The van der Waals surface area contributed by atoms with Gasteiger partial charge in [0.25, 0.3) is 0 Å². The summed E-state index contributed by atoms with van der Waals surface area (Å²) in [6.45, 7) is 4.01. The summed E-state index contributed by atoms with van der Waals surface area (Å²) in [6, 6.07) is 50.1. The summed E-state index contributed by atoms with van der Waals surface area (Å²) < 4.78 is 4.18. The van der Waals surface area contributed by atoms with Crippen molar-refractivity contribution in [3.63, 3.8) is 0 Å². The van der Waals surface area contributed by atoms with Crippen LogP contribution >= 0.6 is 0 Å². The number of hydrogen-bond donors (Lipinski definition) is 0. The third-order valence-electron chi connectivity index (χ3n) is 11.2. The first-order valence-corrected chi connectivity index (χ1v) is 22.5.